The molecule has 0 aromatic heterocycles. The lowest BCUT2D eigenvalue weighted by Crippen LogP contribution is -2.07. The Morgan fingerprint density at radius 2 is 1.38 bits per heavy atom. The molecule has 12 heteroatoms. The van der Waals surface area contributed by atoms with Gasteiger partial charge in [-0.1, -0.05) is 36.4 Å². The maximum atomic E-state index is 12.4. The van der Waals surface area contributed by atoms with Gasteiger partial charge in [0.2, 0.25) is 10.8 Å². The van der Waals surface area contributed by atoms with Gasteiger partial charge in [0.25, 0.3) is 0 Å². The summed E-state index contributed by atoms with van der Waals surface area (Å²) >= 11 is 0. The molecular weight excluding hydrogens is 516 g/mol. The number of rotatable bonds is 2. The summed E-state index contributed by atoms with van der Waals surface area (Å²) in [4.78, 5) is 4.88. The first-order valence-corrected chi connectivity index (χ1v) is 13.7. The van der Waals surface area contributed by atoms with Gasteiger partial charge in [-0.15, -0.1) is 0 Å². The minimum absolute atomic E-state index is 0. The van der Waals surface area contributed by atoms with E-state index in [1.54, 1.807) is 18.2 Å². The van der Waals surface area contributed by atoms with Crippen LogP contribution in [0, 0.1) is 10.8 Å². The molecule has 6 aromatic carbocycles. The van der Waals surface area contributed by atoms with Crippen molar-refractivity contribution in [3.63, 3.8) is 0 Å². The minimum atomic E-state index is -5.15. The van der Waals surface area contributed by atoms with Crippen molar-refractivity contribution in [1.29, 1.82) is 10.8 Å². The van der Waals surface area contributed by atoms with Crippen LogP contribution in [0.25, 0.3) is 69.9 Å². The molecule has 0 amide bonds. The van der Waals surface area contributed by atoms with E-state index in [0.29, 0.717) is 44.1 Å². The molecular formula is C25H12N4O6S2+2. The smallest absolute Gasteiger partial charge is 0.744 e. The molecule has 0 saturated carbocycles. The van der Waals surface area contributed by atoms with Gasteiger partial charge in [0.1, 0.15) is 20.2 Å². The van der Waals surface area contributed by atoms with Crippen LogP contribution in [-0.2, 0) is 26.7 Å². The summed E-state index contributed by atoms with van der Waals surface area (Å²) in [5.41, 5.74) is -0.208. The Kier molecular flexibility index (Phi) is 3.91. The highest BCUT2D eigenvalue weighted by Gasteiger charge is 2.36. The Morgan fingerprint density at radius 1 is 0.730 bits per heavy atom. The first-order chi connectivity index (χ1) is 17.6. The Hall–Kier alpha value is -4.46. The average molecular weight is 529 g/mol. The van der Waals surface area contributed by atoms with Crippen molar-refractivity contribution < 1.29 is 28.8 Å². The molecule has 1 aliphatic rings. The fraction of sp³-hybridized carbons (Fsp3) is 0.0400. The predicted molar refractivity (Wildman–Crippen MR) is 137 cm³/mol. The normalized spacial score (nSPS) is 13.8. The monoisotopic (exact) mass is 528 g/mol. The zero-order chi connectivity index (χ0) is 26.0. The first-order valence-electron chi connectivity index (χ1n) is 10.9. The Balaban J connectivity index is 0.00000154. The molecule has 0 spiro atoms. The van der Waals surface area contributed by atoms with E-state index in [0.717, 1.165) is 5.56 Å². The maximum absolute atomic E-state index is 12.4. The van der Waals surface area contributed by atoms with Crippen LogP contribution >= 0.6 is 0 Å². The fourth-order valence-corrected chi connectivity index (χ4v) is 7.70. The standard InChI is InChI=1S/C25H10N4O6S2/c26-28-22-15-9-16-21-18-11(4-2-6-14(18)25(23(16)29-27)37(33,34)35)8-12-7-10-3-1-5-13(24(22)36(30,31)32)17(10)20(15)19(12)21/h1-3,5-9H,4H2/p+2. The molecule has 37 heavy (non-hydrogen) atoms. The van der Waals surface area contributed by atoms with Gasteiger partial charge in [-0.25, -0.2) is 16.8 Å². The van der Waals surface area contributed by atoms with Gasteiger partial charge in [-0.05, 0) is 51.0 Å². The third-order valence-corrected chi connectivity index (χ3v) is 9.02. The highest BCUT2D eigenvalue weighted by molar-refractivity contribution is 7.86. The highest BCUT2D eigenvalue weighted by atomic mass is 32.2. The molecule has 10 nitrogen and oxygen atoms in total. The molecule has 0 aliphatic heterocycles. The number of hydrogen-bond acceptors (Lipinski definition) is 8. The molecule has 1 aliphatic carbocycles. The lowest BCUT2D eigenvalue weighted by molar-refractivity contribution is 0.461. The van der Waals surface area contributed by atoms with E-state index < -0.39 is 41.4 Å². The molecule has 0 unspecified atom stereocenters. The summed E-state index contributed by atoms with van der Waals surface area (Å²) in [5.74, 6) is 0. The summed E-state index contributed by atoms with van der Waals surface area (Å²) in [5, 5.41) is 23.8. The van der Waals surface area contributed by atoms with Crippen LogP contribution in [0.15, 0.2) is 52.3 Å². The van der Waals surface area contributed by atoms with E-state index in [-0.39, 0.29) is 24.6 Å². The molecule has 0 saturated heterocycles. The second-order valence-electron chi connectivity index (χ2n) is 8.99. The van der Waals surface area contributed by atoms with Gasteiger partial charge in [-0.2, -0.15) is 0 Å². The second kappa shape index (κ2) is 6.64. The van der Waals surface area contributed by atoms with Crippen LogP contribution in [0.3, 0.4) is 0 Å². The molecule has 178 valence electrons. The zero-order valence-corrected chi connectivity index (χ0v) is 20.0. The largest absolute Gasteiger partial charge is 1.00 e. The van der Waals surface area contributed by atoms with Crippen molar-refractivity contribution in [2.24, 2.45) is 0 Å². The molecule has 6 aromatic rings. The Bertz CT molecular complexity index is 2410. The van der Waals surface area contributed by atoms with Crippen LogP contribution < -0.4 is 0 Å². The van der Waals surface area contributed by atoms with Crippen molar-refractivity contribution in [2.75, 3.05) is 0 Å². The predicted octanol–water partition coefficient (Wildman–Crippen LogP) is 5.90. The van der Waals surface area contributed by atoms with Gasteiger partial charge in [0, 0.05) is 21.7 Å². The van der Waals surface area contributed by atoms with Gasteiger partial charge in [0.15, 0.2) is 19.7 Å². The van der Waals surface area contributed by atoms with Gasteiger partial charge in [-0.3, -0.25) is 0 Å². The fourth-order valence-electron chi connectivity index (χ4n) is 6.05. The van der Waals surface area contributed by atoms with Crippen molar-refractivity contribution in [1.82, 2.24) is 0 Å². The summed E-state index contributed by atoms with van der Waals surface area (Å²) in [6.45, 7) is 0. The molecule has 0 N–H and O–H groups in total. The van der Waals surface area contributed by atoms with Crippen molar-refractivity contribution >= 4 is 91.5 Å². The number of benzene rings is 6. The van der Waals surface area contributed by atoms with Gasteiger partial charge < -0.3 is 9.11 Å². The quantitative estimate of drug-likeness (QED) is 0.116. The number of diazo groups is 2. The SMILES string of the molecule is N#[N+]c1c(S(=O)(=O)[O-])c2c3c(cc4cc5cccc6c(S(=O)(=O)[O-])c([N+]#N)c7cc1c3c4c7c56)CC=C2.[H+].[H+]. The maximum Gasteiger partial charge on any atom is 1.00 e. The van der Waals surface area contributed by atoms with E-state index in [4.69, 9.17) is 0 Å². The molecule has 0 bridgehead atoms. The first kappa shape index (κ1) is 21.8. The van der Waals surface area contributed by atoms with Crippen LogP contribution in [0.2, 0.25) is 0 Å². The van der Waals surface area contributed by atoms with Crippen LogP contribution in [0.4, 0.5) is 11.4 Å². The van der Waals surface area contributed by atoms with Crippen molar-refractivity contribution in [3.05, 3.63) is 63.6 Å². The van der Waals surface area contributed by atoms with E-state index in [1.807, 2.05) is 12.1 Å². The van der Waals surface area contributed by atoms with Gasteiger partial charge in [0.05, 0.1) is 10.8 Å². The number of hydrogen-bond donors (Lipinski definition) is 0. The van der Waals surface area contributed by atoms with Gasteiger partial charge >= 0.3 is 14.2 Å². The Labute approximate surface area is 210 Å². The van der Waals surface area contributed by atoms with E-state index in [9.17, 15) is 36.7 Å². The third kappa shape index (κ3) is 2.57. The zero-order valence-electron chi connectivity index (χ0n) is 20.4. The summed E-state index contributed by atoms with van der Waals surface area (Å²) in [6, 6.07) is 9.80. The summed E-state index contributed by atoms with van der Waals surface area (Å²) < 4.78 is 74.3. The number of allylic oxidation sites excluding steroid dienone is 1. The highest BCUT2D eigenvalue weighted by Crippen LogP contribution is 2.54. The van der Waals surface area contributed by atoms with Crippen LogP contribution in [0.1, 0.15) is 14.0 Å². The molecule has 0 atom stereocenters. The molecule has 7 rings (SSSR count). The third-order valence-electron chi connectivity index (χ3n) is 7.20. The minimum Gasteiger partial charge on any atom is -0.744 e. The lowest BCUT2D eigenvalue weighted by Gasteiger charge is -2.23. The topological polar surface area (TPSA) is 171 Å². The lowest BCUT2D eigenvalue weighted by atomic mass is 9.81. The van der Waals surface area contributed by atoms with Crippen LogP contribution in [-0.4, -0.2) is 25.9 Å². The number of nitrogens with zero attached hydrogens (tertiary/aromatic N) is 4. The molecule has 0 heterocycles. The molecule has 0 fully saturated rings. The van der Waals surface area contributed by atoms with E-state index in [1.165, 1.54) is 18.2 Å². The van der Waals surface area contributed by atoms with Crippen molar-refractivity contribution in [3.8, 4) is 0 Å². The summed E-state index contributed by atoms with van der Waals surface area (Å²) in [7, 11) is -10.3. The summed E-state index contributed by atoms with van der Waals surface area (Å²) in [6.07, 6.45) is 3.67. The van der Waals surface area contributed by atoms with Crippen molar-refractivity contribution in [2.45, 2.75) is 16.2 Å². The Morgan fingerprint density at radius 3 is 2.03 bits per heavy atom. The second-order valence-corrected chi connectivity index (χ2v) is 11.6. The van der Waals surface area contributed by atoms with Crippen LogP contribution in [0.5, 0.6) is 0 Å². The average Bonchev–Trinajstić information content (AvgIpc) is 2.84. The van der Waals surface area contributed by atoms with E-state index >= 15 is 0 Å². The van der Waals surface area contributed by atoms with E-state index in [2.05, 4.69) is 9.95 Å². The molecule has 0 radical (unpaired) electrons.